The Morgan fingerprint density at radius 3 is 2.46 bits per heavy atom. The molecule has 0 saturated carbocycles. The molecule has 0 aliphatic carbocycles. The lowest BCUT2D eigenvalue weighted by atomic mass is 9.84. The van der Waals surface area contributed by atoms with E-state index in [2.05, 4.69) is 6.58 Å². The summed E-state index contributed by atoms with van der Waals surface area (Å²) in [6, 6.07) is 4.44. The molecular formula is C17H24O7. The van der Waals surface area contributed by atoms with E-state index in [-0.39, 0.29) is 5.75 Å². The molecule has 1 saturated heterocycles. The third kappa shape index (κ3) is 3.55. The monoisotopic (exact) mass is 340 g/mol. The number of hydrogen-bond donors (Lipinski definition) is 5. The molecule has 1 aliphatic heterocycles. The minimum Gasteiger partial charge on any atom is -0.508 e. The lowest BCUT2D eigenvalue weighted by Crippen LogP contribution is -2.60. The first-order valence-electron chi connectivity index (χ1n) is 7.65. The molecule has 134 valence electrons. The summed E-state index contributed by atoms with van der Waals surface area (Å²) in [5, 5.41) is 48.7. The summed E-state index contributed by atoms with van der Waals surface area (Å²) >= 11 is 0. The summed E-state index contributed by atoms with van der Waals surface area (Å²) < 4.78 is 11.0. The second-order valence-electron chi connectivity index (χ2n) is 6.42. The Morgan fingerprint density at radius 2 is 1.88 bits per heavy atom. The van der Waals surface area contributed by atoms with E-state index in [1.165, 1.54) is 18.2 Å². The van der Waals surface area contributed by atoms with Crippen LogP contribution in [0.25, 0.3) is 0 Å². The van der Waals surface area contributed by atoms with Gasteiger partial charge in [0.2, 0.25) is 6.29 Å². The molecule has 7 nitrogen and oxygen atoms in total. The van der Waals surface area contributed by atoms with Crippen molar-refractivity contribution in [3.05, 3.63) is 36.4 Å². The van der Waals surface area contributed by atoms with Crippen LogP contribution < -0.4 is 4.74 Å². The molecule has 1 aromatic rings. The number of aliphatic hydroxyl groups is 4. The Labute approximate surface area is 140 Å². The van der Waals surface area contributed by atoms with Gasteiger partial charge in [-0.25, -0.2) is 0 Å². The van der Waals surface area contributed by atoms with Gasteiger partial charge in [0.25, 0.3) is 0 Å². The zero-order chi connectivity index (χ0) is 18.1. The highest BCUT2D eigenvalue weighted by molar-refractivity contribution is 5.46. The van der Waals surface area contributed by atoms with Crippen LogP contribution in [0.2, 0.25) is 0 Å². The van der Waals surface area contributed by atoms with Crippen LogP contribution in [0, 0.1) is 0 Å². The lowest BCUT2D eigenvalue weighted by molar-refractivity contribution is -0.277. The van der Waals surface area contributed by atoms with Gasteiger partial charge < -0.3 is 35.0 Å². The predicted octanol–water partition coefficient (Wildman–Crippen LogP) is 0.0345. The second-order valence-corrected chi connectivity index (χ2v) is 6.42. The van der Waals surface area contributed by atoms with Gasteiger partial charge in [-0.15, -0.1) is 6.58 Å². The summed E-state index contributed by atoms with van der Waals surface area (Å²) in [7, 11) is 0. The predicted molar refractivity (Wildman–Crippen MR) is 85.7 cm³/mol. The molecule has 7 heteroatoms. The van der Waals surface area contributed by atoms with E-state index >= 15 is 0 Å². The Balaban J connectivity index is 2.32. The molecule has 1 aromatic carbocycles. The largest absolute Gasteiger partial charge is 0.508 e. The number of aromatic hydroxyl groups is 1. The number of phenolic OH excluding ortho intramolecular Hbond substituents is 1. The van der Waals surface area contributed by atoms with Crippen LogP contribution in [0.1, 0.15) is 19.4 Å². The molecule has 1 aliphatic rings. The first-order chi connectivity index (χ1) is 11.2. The van der Waals surface area contributed by atoms with Crippen molar-refractivity contribution in [2.24, 2.45) is 0 Å². The Bertz CT molecular complexity index is 584. The Morgan fingerprint density at radius 1 is 1.21 bits per heavy atom. The number of hydrogen-bond acceptors (Lipinski definition) is 7. The van der Waals surface area contributed by atoms with Crippen molar-refractivity contribution in [3.63, 3.8) is 0 Å². The van der Waals surface area contributed by atoms with Gasteiger partial charge in [0.05, 0.1) is 6.61 Å². The van der Waals surface area contributed by atoms with Crippen molar-refractivity contribution >= 4 is 0 Å². The average molecular weight is 340 g/mol. The molecule has 0 bridgehead atoms. The quantitative estimate of drug-likeness (QED) is 0.480. The number of phenols is 1. The van der Waals surface area contributed by atoms with Gasteiger partial charge in [0, 0.05) is 11.0 Å². The number of aliphatic hydroxyl groups excluding tert-OH is 4. The molecule has 0 radical (unpaired) electrons. The van der Waals surface area contributed by atoms with Gasteiger partial charge in [-0.05, 0) is 18.2 Å². The van der Waals surface area contributed by atoms with E-state index < -0.39 is 42.7 Å². The minimum absolute atomic E-state index is 0.0427. The molecular weight excluding hydrogens is 316 g/mol. The highest BCUT2D eigenvalue weighted by atomic mass is 16.7. The summed E-state index contributed by atoms with van der Waals surface area (Å²) in [5.74, 6) is 0.364. The molecule has 0 spiro atoms. The van der Waals surface area contributed by atoms with Gasteiger partial charge in [-0.2, -0.15) is 0 Å². The third-order valence-corrected chi connectivity index (χ3v) is 4.26. The van der Waals surface area contributed by atoms with Gasteiger partial charge in [0.15, 0.2) is 0 Å². The van der Waals surface area contributed by atoms with Crippen LogP contribution >= 0.6 is 0 Å². The molecule has 5 atom stereocenters. The molecule has 1 fully saturated rings. The Kier molecular flexibility index (Phi) is 5.52. The standard InChI is InChI=1S/C17H24O7/c1-4-17(2,3)10-7-9(19)5-6-11(10)23-16-15(22)14(21)13(20)12(8-18)24-16/h4-7,12-16,18-22H,1,8H2,2-3H3. The maximum Gasteiger partial charge on any atom is 0.229 e. The van der Waals surface area contributed by atoms with Crippen molar-refractivity contribution in [1.82, 2.24) is 0 Å². The summed E-state index contributed by atoms with van der Waals surface area (Å²) in [5.41, 5.74) is 0.0665. The average Bonchev–Trinajstić information content (AvgIpc) is 2.56. The van der Waals surface area contributed by atoms with E-state index in [1.54, 1.807) is 6.08 Å². The highest BCUT2D eigenvalue weighted by Crippen LogP contribution is 2.36. The summed E-state index contributed by atoms with van der Waals surface area (Å²) in [6.07, 6.45) is -5.13. The summed E-state index contributed by atoms with van der Waals surface area (Å²) in [6.45, 7) is 6.97. The van der Waals surface area contributed by atoms with Crippen molar-refractivity contribution in [2.75, 3.05) is 6.61 Å². The van der Waals surface area contributed by atoms with Gasteiger partial charge in [-0.3, -0.25) is 0 Å². The highest BCUT2D eigenvalue weighted by Gasteiger charge is 2.45. The van der Waals surface area contributed by atoms with Crippen molar-refractivity contribution < 1.29 is 35.0 Å². The maximum atomic E-state index is 10.1. The van der Waals surface area contributed by atoms with E-state index in [1.807, 2.05) is 13.8 Å². The number of rotatable bonds is 5. The molecule has 0 amide bonds. The van der Waals surface area contributed by atoms with Gasteiger partial charge in [-0.1, -0.05) is 19.9 Å². The fourth-order valence-corrected chi connectivity index (χ4v) is 2.52. The third-order valence-electron chi connectivity index (χ3n) is 4.26. The lowest BCUT2D eigenvalue weighted by Gasteiger charge is -2.40. The molecule has 1 heterocycles. The van der Waals surface area contributed by atoms with Crippen LogP contribution in [0.3, 0.4) is 0 Å². The minimum atomic E-state index is -1.52. The van der Waals surface area contributed by atoms with E-state index in [0.29, 0.717) is 11.3 Å². The Hall–Kier alpha value is -1.64. The molecule has 2 rings (SSSR count). The van der Waals surface area contributed by atoms with Gasteiger partial charge in [0.1, 0.15) is 35.9 Å². The number of allylic oxidation sites excluding steroid dienone is 1. The van der Waals surface area contributed by atoms with E-state index in [4.69, 9.17) is 9.47 Å². The SMILES string of the molecule is C=CC(C)(C)c1cc(O)ccc1OC1OC(CO)C(O)C(O)C1O. The van der Waals surface area contributed by atoms with E-state index in [0.717, 1.165) is 0 Å². The van der Waals surface area contributed by atoms with Crippen LogP contribution in [-0.2, 0) is 10.2 Å². The number of benzene rings is 1. The summed E-state index contributed by atoms with van der Waals surface area (Å²) in [4.78, 5) is 0. The molecule has 5 unspecified atom stereocenters. The zero-order valence-corrected chi connectivity index (χ0v) is 13.7. The first-order valence-corrected chi connectivity index (χ1v) is 7.65. The van der Waals surface area contributed by atoms with Crippen LogP contribution in [0.4, 0.5) is 0 Å². The van der Waals surface area contributed by atoms with Crippen molar-refractivity contribution in [2.45, 2.75) is 50.0 Å². The smallest absolute Gasteiger partial charge is 0.229 e. The fraction of sp³-hybridized carbons (Fsp3) is 0.529. The fourth-order valence-electron chi connectivity index (χ4n) is 2.52. The van der Waals surface area contributed by atoms with Crippen LogP contribution in [0.5, 0.6) is 11.5 Å². The molecule has 5 N–H and O–H groups in total. The van der Waals surface area contributed by atoms with Crippen LogP contribution in [-0.4, -0.2) is 62.8 Å². The normalized spacial score (nSPS) is 30.8. The topological polar surface area (TPSA) is 120 Å². The van der Waals surface area contributed by atoms with Gasteiger partial charge >= 0.3 is 0 Å². The van der Waals surface area contributed by atoms with E-state index in [9.17, 15) is 25.5 Å². The number of ether oxygens (including phenoxy) is 2. The molecule has 24 heavy (non-hydrogen) atoms. The maximum absolute atomic E-state index is 10.1. The zero-order valence-electron chi connectivity index (χ0n) is 13.7. The first kappa shape index (κ1) is 18.7. The van der Waals surface area contributed by atoms with Crippen LogP contribution in [0.15, 0.2) is 30.9 Å². The second kappa shape index (κ2) is 7.08. The van der Waals surface area contributed by atoms with Crippen molar-refractivity contribution in [3.8, 4) is 11.5 Å². The van der Waals surface area contributed by atoms with Crippen molar-refractivity contribution in [1.29, 1.82) is 0 Å². The molecule has 0 aromatic heterocycles.